The smallest absolute Gasteiger partial charge is 0.0658 e. The summed E-state index contributed by atoms with van der Waals surface area (Å²) in [6.45, 7) is 10.7. The lowest BCUT2D eigenvalue weighted by molar-refractivity contribution is -0.125. The average Bonchev–Trinajstić information content (AvgIpc) is 2.85. The highest BCUT2D eigenvalue weighted by Crippen LogP contribution is 2.45. The lowest BCUT2D eigenvalue weighted by atomic mass is 9.61. The van der Waals surface area contributed by atoms with Crippen molar-refractivity contribution in [3.63, 3.8) is 0 Å². The highest BCUT2D eigenvalue weighted by Gasteiger charge is 2.50. The molecule has 1 aromatic rings. The fourth-order valence-electron chi connectivity index (χ4n) is 3.25. The van der Waals surface area contributed by atoms with Gasteiger partial charge in [-0.05, 0) is 51.6 Å². The summed E-state index contributed by atoms with van der Waals surface area (Å²) in [5.74, 6) is 0. The van der Waals surface area contributed by atoms with Crippen LogP contribution < -0.4 is 5.32 Å². The van der Waals surface area contributed by atoms with E-state index in [1.54, 1.807) is 0 Å². The van der Waals surface area contributed by atoms with E-state index in [9.17, 15) is 0 Å². The Morgan fingerprint density at radius 1 is 1.50 bits per heavy atom. The van der Waals surface area contributed by atoms with Gasteiger partial charge in [-0.1, -0.05) is 13.8 Å². The van der Waals surface area contributed by atoms with Gasteiger partial charge in [-0.25, -0.2) is 0 Å². The third-order valence-electron chi connectivity index (χ3n) is 5.06. The molecule has 0 radical (unpaired) electrons. The Balaban J connectivity index is 1.71. The number of nitrogens with zero attached hydrogens (tertiary/aromatic N) is 1. The van der Waals surface area contributed by atoms with Crippen LogP contribution >= 0.6 is 0 Å². The van der Waals surface area contributed by atoms with E-state index in [1.165, 1.54) is 17.7 Å². The molecule has 20 heavy (non-hydrogen) atoms. The zero-order valence-electron chi connectivity index (χ0n) is 13.3. The molecule has 1 aliphatic carbocycles. The van der Waals surface area contributed by atoms with Crippen molar-refractivity contribution in [3.8, 4) is 0 Å². The van der Waals surface area contributed by atoms with E-state index in [0.29, 0.717) is 17.6 Å². The number of aryl methyl sites for hydroxylation is 2. The first-order valence-electron chi connectivity index (χ1n) is 7.95. The number of ether oxygens (including phenoxy) is 1. The van der Waals surface area contributed by atoms with Crippen LogP contribution in [-0.2, 0) is 11.2 Å². The fraction of sp³-hybridized carbons (Fsp3) is 0.812. The van der Waals surface area contributed by atoms with Crippen molar-refractivity contribution in [2.75, 3.05) is 13.2 Å². The quantitative estimate of drug-likeness (QED) is 0.719. The Kier molecular flexibility index (Phi) is 5.22. The topological polar surface area (TPSA) is 49.9 Å². The van der Waals surface area contributed by atoms with Crippen LogP contribution in [0.4, 0.5) is 0 Å². The fourth-order valence-corrected chi connectivity index (χ4v) is 3.25. The Bertz CT molecular complexity index is 418. The maximum Gasteiger partial charge on any atom is 0.0658 e. The molecule has 0 amide bonds. The largest absolute Gasteiger partial charge is 0.378 e. The monoisotopic (exact) mass is 279 g/mol. The van der Waals surface area contributed by atoms with Gasteiger partial charge in [0.25, 0.3) is 0 Å². The van der Waals surface area contributed by atoms with Crippen LogP contribution in [0.1, 0.15) is 51.3 Å². The molecule has 1 heterocycles. The molecule has 2 N–H and O–H groups in total. The summed E-state index contributed by atoms with van der Waals surface area (Å²) < 4.78 is 5.84. The van der Waals surface area contributed by atoms with Crippen molar-refractivity contribution in [2.24, 2.45) is 5.41 Å². The molecule has 3 atom stereocenters. The van der Waals surface area contributed by atoms with Crippen molar-refractivity contribution in [1.82, 2.24) is 15.5 Å². The summed E-state index contributed by atoms with van der Waals surface area (Å²) in [7, 11) is 0. The molecule has 0 saturated heterocycles. The van der Waals surface area contributed by atoms with E-state index >= 15 is 0 Å². The van der Waals surface area contributed by atoms with Crippen molar-refractivity contribution < 1.29 is 4.74 Å². The minimum absolute atomic E-state index is 0.307. The van der Waals surface area contributed by atoms with E-state index in [1.807, 2.05) is 6.20 Å². The highest BCUT2D eigenvalue weighted by atomic mass is 16.5. The van der Waals surface area contributed by atoms with Gasteiger partial charge < -0.3 is 10.1 Å². The van der Waals surface area contributed by atoms with Crippen LogP contribution in [0.25, 0.3) is 0 Å². The third kappa shape index (κ3) is 3.07. The molecule has 3 unspecified atom stereocenters. The Labute approximate surface area is 122 Å². The van der Waals surface area contributed by atoms with Crippen molar-refractivity contribution in [1.29, 1.82) is 0 Å². The van der Waals surface area contributed by atoms with Crippen molar-refractivity contribution >= 4 is 0 Å². The maximum atomic E-state index is 5.84. The first kappa shape index (κ1) is 15.5. The summed E-state index contributed by atoms with van der Waals surface area (Å²) in [5, 5.41) is 10.8. The number of H-pyrrole nitrogens is 1. The predicted octanol–water partition coefficient (Wildman–Crippen LogP) is 2.83. The molecule has 114 valence electrons. The van der Waals surface area contributed by atoms with Crippen LogP contribution in [-0.4, -0.2) is 35.5 Å². The lowest BCUT2D eigenvalue weighted by Crippen LogP contribution is -2.62. The molecule has 1 aliphatic rings. The van der Waals surface area contributed by atoms with Crippen molar-refractivity contribution in [3.05, 3.63) is 17.5 Å². The van der Waals surface area contributed by atoms with Gasteiger partial charge in [-0.3, -0.25) is 5.10 Å². The van der Waals surface area contributed by atoms with Gasteiger partial charge in [0.05, 0.1) is 12.3 Å². The van der Waals surface area contributed by atoms with Crippen LogP contribution in [0.3, 0.4) is 0 Å². The Morgan fingerprint density at radius 2 is 2.30 bits per heavy atom. The van der Waals surface area contributed by atoms with Crippen LogP contribution in [0.5, 0.6) is 0 Å². The second kappa shape index (κ2) is 6.72. The van der Waals surface area contributed by atoms with Gasteiger partial charge in [0.1, 0.15) is 0 Å². The third-order valence-corrected chi connectivity index (χ3v) is 5.06. The first-order chi connectivity index (χ1) is 9.61. The lowest BCUT2D eigenvalue weighted by Gasteiger charge is -2.53. The maximum absolute atomic E-state index is 5.84. The molecule has 2 rings (SSSR count). The normalized spacial score (nSPS) is 29.4. The molecule has 1 saturated carbocycles. The zero-order chi connectivity index (χ0) is 14.6. The van der Waals surface area contributed by atoms with E-state index in [0.717, 1.165) is 32.4 Å². The van der Waals surface area contributed by atoms with Gasteiger partial charge in [0.15, 0.2) is 0 Å². The molecule has 0 bridgehead atoms. The molecule has 4 nitrogen and oxygen atoms in total. The van der Waals surface area contributed by atoms with Gasteiger partial charge in [0.2, 0.25) is 0 Å². The Morgan fingerprint density at radius 3 is 2.90 bits per heavy atom. The molecule has 0 aromatic carbocycles. The minimum Gasteiger partial charge on any atom is -0.378 e. The zero-order valence-corrected chi connectivity index (χ0v) is 13.3. The predicted molar refractivity (Wildman–Crippen MR) is 81.9 cm³/mol. The summed E-state index contributed by atoms with van der Waals surface area (Å²) in [4.78, 5) is 0. The number of nitrogens with one attached hydrogen (secondary N) is 2. The summed E-state index contributed by atoms with van der Waals surface area (Å²) in [6.07, 6.45) is 6.97. The van der Waals surface area contributed by atoms with E-state index in [-0.39, 0.29) is 0 Å². The molecule has 4 heteroatoms. The highest BCUT2D eigenvalue weighted by molar-refractivity contribution is 5.14. The molecule has 0 spiro atoms. The summed E-state index contributed by atoms with van der Waals surface area (Å²) in [6, 6.07) is 0.606. The van der Waals surface area contributed by atoms with E-state index < -0.39 is 0 Å². The van der Waals surface area contributed by atoms with Crippen LogP contribution in [0, 0.1) is 12.3 Å². The Hall–Kier alpha value is -0.870. The molecule has 1 fully saturated rings. The minimum atomic E-state index is 0.307. The van der Waals surface area contributed by atoms with E-state index in [4.69, 9.17) is 4.74 Å². The van der Waals surface area contributed by atoms with Gasteiger partial charge in [-0.2, -0.15) is 5.10 Å². The molecular formula is C16H29N3O. The molecule has 0 aliphatic heterocycles. The second-order valence-corrected chi connectivity index (χ2v) is 6.17. The first-order valence-corrected chi connectivity index (χ1v) is 7.95. The number of hydrogen-bond acceptors (Lipinski definition) is 3. The van der Waals surface area contributed by atoms with Crippen molar-refractivity contribution in [2.45, 2.75) is 65.5 Å². The van der Waals surface area contributed by atoms with Gasteiger partial charge in [0, 0.05) is 23.8 Å². The van der Waals surface area contributed by atoms with Gasteiger partial charge in [-0.15, -0.1) is 0 Å². The summed E-state index contributed by atoms with van der Waals surface area (Å²) >= 11 is 0. The molecular weight excluding hydrogens is 250 g/mol. The van der Waals surface area contributed by atoms with E-state index in [2.05, 4.69) is 43.2 Å². The second-order valence-electron chi connectivity index (χ2n) is 6.17. The summed E-state index contributed by atoms with van der Waals surface area (Å²) in [5.41, 5.74) is 2.84. The average molecular weight is 279 g/mol. The number of hydrogen-bond donors (Lipinski definition) is 2. The van der Waals surface area contributed by atoms with Crippen LogP contribution in [0.2, 0.25) is 0 Å². The van der Waals surface area contributed by atoms with Crippen LogP contribution in [0.15, 0.2) is 6.20 Å². The van der Waals surface area contributed by atoms with Gasteiger partial charge >= 0.3 is 0 Å². The number of aromatic amines is 1. The molecule has 1 aromatic heterocycles. The standard InChI is InChI=1S/C16H29N3O/c1-5-16(4)14(10-15(16)20-6-2)17-9-7-8-13-11-18-19-12(13)3/h11,14-15,17H,5-10H2,1-4H3,(H,18,19). The number of aromatic nitrogens is 2. The SMILES string of the molecule is CCOC1CC(NCCCc2cn[nH]c2C)C1(C)CC. The number of rotatable bonds is 8.